The summed E-state index contributed by atoms with van der Waals surface area (Å²) in [6.07, 6.45) is 4.80. The highest BCUT2D eigenvalue weighted by Crippen LogP contribution is 2.28. The van der Waals surface area contributed by atoms with Crippen molar-refractivity contribution in [2.45, 2.75) is 51.6 Å². The number of unbranched alkanes of at least 4 members (excludes halogenated alkanes) is 1. The Kier molecular flexibility index (Phi) is 8.14. The number of halogens is 1. The van der Waals surface area contributed by atoms with E-state index in [0.717, 1.165) is 54.4 Å². The molecule has 2 heterocycles. The quantitative estimate of drug-likeness (QED) is 0.772. The fraction of sp³-hybridized carbons (Fsp3) is 0.571. The van der Waals surface area contributed by atoms with Crippen LogP contribution in [0.1, 0.15) is 43.9 Å². The average Bonchev–Trinajstić information content (AvgIpc) is 3.03. The monoisotopic (exact) mass is 394 g/mol. The summed E-state index contributed by atoms with van der Waals surface area (Å²) < 4.78 is 11.5. The van der Waals surface area contributed by atoms with Gasteiger partial charge in [-0.05, 0) is 31.2 Å². The lowest BCUT2D eigenvalue weighted by Crippen LogP contribution is -2.47. The molecule has 1 aliphatic rings. The fourth-order valence-corrected chi connectivity index (χ4v) is 3.71. The zero-order valence-electron chi connectivity index (χ0n) is 16.3. The number of hydrogen-bond donors (Lipinski definition) is 1. The number of carbonyl (C=O) groups excluding carboxylic acids is 1. The van der Waals surface area contributed by atoms with E-state index in [1.54, 1.807) is 4.90 Å². The summed E-state index contributed by atoms with van der Waals surface area (Å²) in [5.74, 6) is 1.20. The van der Waals surface area contributed by atoms with E-state index in [4.69, 9.17) is 14.9 Å². The van der Waals surface area contributed by atoms with Gasteiger partial charge in [0, 0.05) is 44.2 Å². The van der Waals surface area contributed by atoms with Crippen LogP contribution in [0.4, 0.5) is 0 Å². The van der Waals surface area contributed by atoms with Crippen LogP contribution in [0.15, 0.2) is 28.7 Å². The van der Waals surface area contributed by atoms with Crippen LogP contribution in [0, 0.1) is 5.92 Å². The molecule has 1 amide bonds. The molecule has 1 saturated heterocycles. The molecule has 2 aromatic rings. The summed E-state index contributed by atoms with van der Waals surface area (Å²) in [5, 5.41) is 1.10. The summed E-state index contributed by atoms with van der Waals surface area (Å²) in [5.41, 5.74) is 8.29. The van der Waals surface area contributed by atoms with Gasteiger partial charge in [-0.25, -0.2) is 0 Å². The Morgan fingerprint density at radius 3 is 2.70 bits per heavy atom. The molecular weight excluding hydrogens is 364 g/mol. The van der Waals surface area contributed by atoms with E-state index in [1.165, 1.54) is 0 Å². The lowest BCUT2D eigenvalue weighted by Gasteiger charge is -2.29. The van der Waals surface area contributed by atoms with Crippen LogP contribution < -0.4 is 5.73 Å². The Morgan fingerprint density at radius 1 is 1.30 bits per heavy atom. The van der Waals surface area contributed by atoms with Gasteiger partial charge in [0.05, 0.1) is 6.04 Å². The number of benzene rings is 1. The molecule has 0 spiro atoms. The van der Waals surface area contributed by atoms with Gasteiger partial charge >= 0.3 is 0 Å². The molecule has 150 valence electrons. The second-order valence-corrected chi connectivity index (χ2v) is 7.27. The van der Waals surface area contributed by atoms with Crippen molar-refractivity contribution in [2.24, 2.45) is 11.7 Å². The minimum Gasteiger partial charge on any atom is -0.461 e. The number of aryl methyl sites for hydroxylation is 1. The Bertz CT molecular complexity index is 740. The van der Waals surface area contributed by atoms with E-state index in [-0.39, 0.29) is 24.2 Å². The van der Waals surface area contributed by atoms with Crippen LogP contribution in [-0.2, 0) is 22.5 Å². The normalized spacial score (nSPS) is 16.1. The standard InChI is InChI=1S/C21H30N2O3.ClH/c1-3-4-8-19-17(16-7-5-6-9-18(16)26-19)14-23(2)21(24)20(22)15-10-12-25-13-11-15;/h5-7,9,15,20H,3-4,8,10-14,22H2,1-2H3;1H. The summed E-state index contributed by atoms with van der Waals surface area (Å²) in [6, 6.07) is 7.60. The van der Waals surface area contributed by atoms with Crippen molar-refractivity contribution in [3.8, 4) is 0 Å². The Hall–Kier alpha value is -1.56. The molecule has 1 unspecified atom stereocenters. The largest absolute Gasteiger partial charge is 0.461 e. The number of hydrogen-bond acceptors (Lipinski definition) is 4. The lowest BCUT2D eigenvalue weighted by molar-refractivity contribution is -0.133. The van der Waals surface area contributed by atoms with Crippen LogP contribution in [0.3, 0.4) is 0 Å². The van der Waals surface area contributed by atoms with Gasteiger partial charge in [0.1, 0.15) is 11.3 Å². The molecule has 0 bridgehead atoms. The lowest BCUT2D eigenvalue weighted by atomic mass is 9.91. The van der Waals surface area contributed by atoms with Gasteiger partial charge in [0.15, 0.2) is 0 Å². The number of likely N-dealkylation sites (N-methyl/N-ethyl adjacent to an activating group) is 1. The first-order valence-electron chi connectivity index (χ1n) is 9.69. The smallest absolute Gasteiger partial charge is 0.239 e. The van der Waals surface area contributed by atoms with Gasteiger partial charge in [-0.15, -0.1) is 12.4 Å². The van der Waals surface area contributed by atoms with Crippen molar-refractivity contribution in [1.29, 1.82) is 0 Å². The maximum absolute atomic E-state index is 12.9. The van der Waals surface area contributed by atoms with Gasteiger partial charge in [-0.1, -0.05) is 31.5 Å². The number of fused-ring (bicyclic) bond motifs is 1. The second-order valence-electron chi connectivity index (χ2n) is 7.27. The maximum atomic E-state index is 12.9. The molecule has 5 nitrogen and oxygen atoms in total. The minimum absolute atomic E-state index is 0. The van der Waals surface area contributed by atoms with E-state index in [1.807, 2.05) is 25.2 Å². The van der Waals surface area contributed by atoms with Gasteiger partial charge in [0.25, 0.3) is 0 Å². The number of ether oxygens (including phenoxy) is 1. The van der Waals surface area contributed by atoms with Gasteiger partial charge in [-0.3, -0.25) is 4.79 Å². The maximum Gasteiger partial charge on any atom is 0.239 e. The number of rotatable bonds is 7. The number of para-hydroxylation sites is 1. The van der Waals surface area contributed by atoms with Gasteiger partial charge in [-0.2, -0.15) is 0 Å². The number of nitrogens with two attached hydrogens (primary N) is 1. The average molecular weight is 395 g/mol. The third kappa shape index (κ3) is 5.03. The second kappa shape index (κ2) is 10.1. The third-order valence-electron chi connectivity index (χ3n) is 5.37. The first-order valence-corrected chi connectivity index (χ1v) is 9.69. The van der Waals surface area contributed by atoms with Crippen molar-refractivity contribution >= 4 is 29.3 Å². The topological polar surface area (TPSA) is 68.7 Å². The van der Waals surface area contributed by atoms with E-state index in [9.17, 15) is 4.79 Å². The molecule has 1 aromatic heterocycles. The number of carbonyl (C=O) groups is 1. The zero-order valence-corrected chi connectivity index (χ0v) is 17.1. The van der Waals surface area contributed by atoms with E-state index in [2.05, 4.69) is 13.0 Å². The van der Waals surface area contributed by atoms with E-state index >= 15 is 0 Å². The third-order valence-corrected chi connectivity index (χ3v) is 5.37. The number of furan rings is 1. The summed E-state index contributed by atoms with van der Waals surface area (Å²) in [6.45, 7) is 4.10. The van der Waals surface area contributed by atoms with Gasteiger partial charge < -0.3 is 19.8 Å². The molecular formula is C21H31ClN2O3. The molecule has 0 radical (unpaired) electrons. The van der Waals surface area contributed by atoms with Crippen molar-refractivity contribution in [1.82, 2.24) is 4.90 Å². The summed E-state index contributed by atoms with van der Waals surface area (Å²) >= 11 is 0. The Balaban J connectivity index is 0.00000261. The molecule has 1 aliphatic heterocycles. The first kappa shape index (κ1) is 21.7. The zero-order chi connectivity index (χ0) is 18.5. The highest BCUT2D eigenvalue weighted by atomic mass is 35.5. The highest BCUT2D eigenvalue weighted by molar-refractivity contribution is 5.85. The van der Waals surface area contributed by atoms with Crippen LogP contribution in [0.5, 0.6) is 0 Å². The predicted molar refractivity (Wildman–Crippen MR) is 110 cm³/mol. The van der Waals surface area contributed by atoms with Crippen LogP contribution >= 0.6 is 12.4 Å². The molecule has 1 aromatic carbocycles. The summed E-state index contributed by atoms with van der Waals surface area (Å²) in [7, 11) is 1.84. The Labute approximate surface area is 167 Å². The highest BCUT2D eigenvalue weighted by Gasteiger charge is 2.29. The van der Waals surface area contributed by atoms with E-state index in [0.29, 0.717) is 19.8 Å². The first-order chi connectivity index (χ1) is 12.6. The predicted octanol–water partition coefficient (Wildman–Crippen LogP) is 3.91. The SMILES string of the molecule is CCCCc1oc2ccccc2c1CN(C)C(=O)C(N)C1CCOCC1.Cl. The van der Waals surface area contributed by atoms with Crippen LogP contribution in [-0.4, -0.2) is 37.1 Å². The van der Waals surface area contributed by atoms with Crippen molar-refractivity contribution < 1.29 is 13.9 Å². The van der Waals surface area contributed by atoms with Gasteiger partial charge in [0.2, 0.25) is 5.91 Å². The summed E-state index contributed by atoms with van der Waals surface area (Å²) in [4.78, 5) is 14.6. The minimum atomic E-state index is -0.457. The van der Waals surface area contributed by atoms with E-state index < -0.39 is 6.04 Å². The molecule has 3 rings (SSSR count). The number of amides is 1. The van der Waals surface area contributed by atoms with Crippen molar-refractivity contribution in [3.63, 3.8) is 0 Å². The molecule has 1 atom stereocenters. The molecule has 6 heteroatoms. The van der Waals surface area contributed by atoms with Crippen LogP contribution in [0.2, 0.25) is 0 Å². The molecule has 0 saturated carbocycles. The molecule has 0 aliphatic carbocycles. The fourth-order valence-electron chi connectivity index (χ4n) is 3.71. The van der Waals surface area contributed by atoms with Crippen LogP contribution in [0.25, 0.3) is 11.0 Å². The Morgan fingerprint density at radius 2 is 2.00 bits per heavy atom. The molecule has 1 fully saturated rings. The van der Waals surface area contributed by atoms with Crippen molar-refractivity contribution in [2.75, 3.05) is 20.3 Å². The molecule has 2 N–H and O–H groups in total. The van der Waals surface area contributed by atoms with Crippen molar-refractivity contribution in [3.05, 3.63) is 35.6 Å². The number of nitrogens with zero attached hydrogens (tertiary/aromatic N) is 1. The molecule has 27 heavy (non-hydrogen) atoms.